The van der Waals surface area contributed by atoms with Crippen LogP contribution in [0.15, 0.2) is 54.3 Å². The van der Waals surface area contributed by atoms with Gasteiger partial charge in [-0.3, -0.25) is 14.9 Å². The van der Waals surface area contributed by atoms with Crippen molar-refractivity contribution >= 4 is 27.7 Å². The molecule has 50 heavy (non-hydrogen) atoms. The number of nitrogens with two attached hydrogens (primary N) is 1. The predicted molar refractivity (Wildman–Crippen MR) is 173 cm³/mol. The van der Waals surface area contributed by atoms with Crippen LogP contribution in [0.5, 0.6) is 6.01 Å². The van der Waals surface area contributed by atoms with E-state index >= 15 is 0 Å². The number of amides is 1. The number of halogens is 3. The largest absolute Gasteiger partial charge is 0.467 e. The van der Waals surface area contributed by atoms with Crippen molar-refractivity contribution in [2.24, 2.45) is 5.73 Å². The molecule has 264 valence electrons. The van der Waals surface area contributed by atoms with E-state index in [4.69, 9.17) is 15.2 Å². The first-order chi connectivity index (χ1) is 23.7. The van der Waals surface area contributed by atoms with E-state index in [1.165, 1.54) is 24.4 Å². The zero-order valence-corrected chi connectivity index (χ0v) is 27.8. The van der Waals surface area contributed by atoms with Crippen LogP contribution in [0.4, 0.5) is 29.7 Å². The van der Waals surface area contributed by atoms with Gasteiger partial charge in [-0.2, -0.15) is 13.2 Å². The Kier molecular flexibility index (Phi) is 9.54. The summed E-state index contributed by atoms with van der Waals surface area (Å²) in [6, 6.07) is 0.703. The maximum atomic E-state index is 13.9. The number of carbonyl (C=O) groups is 1. The molecule has 2 aliphatic rings. The Balaban J connectivity index is 1.19. The highest BCUT2D eigenvalue weighted by atomic mass is 32.2. The Morgan fingerprint density at radius 2 is 1.70 bits per heavy atom. The topological polar surface area (TPSA) is 201 Å². The number of hydrogen-bond acceptors (Lipinski definition) is 14. The van der Waals surface area contributed by atoms with E-state index in [0.29, 0.717) is 43.1 Å². The molecule has 0 spiro atoms. The number of pyridine rings is 1. The van der Waals surface area contributed by atoms with E-state index in [0.717, 1.165) is 37.6 Å². The number of alkyl halides is 3. The van der Waals surface area contributed by atoms with Gasteiger partial charge in [-0.1, -0.05) is 0 Å². The average molecular weight is 715 g/mol. The van der Waals surface area contributed by atoms with Gasteiger partial charge >= 0.3 is 18.3 Å². The molecule has 0 atom stereocenters. The fourth-order valence-electron chi connectivity index (χ4n) is 5.45. The summed E-state index contributed by atoms with van der Waals surface area (Å²) in [7, 11) is -2.29. The number of ether oxygens (including phenoxy) is 2. The lowest BCUT2D eigenvalue weighted by Gasteiger charge is -2.36. The van der Waals surface area contributed by atoms with Crippen LogP contribution < -0.4 is 20.7 Å². The number of rotatable bonds is 10. The van der Waals surface area contributed by atoms with Crippen molar-refractivity contribution in [1.82, 2.24) is 34.9 Å². The molecule has 2 aliphatic carbocycles. The highest BCUT2D eigenvalue weighted by molar-refractivity contribution is 7.90. The maximum absolute atomic E-state index is 13.9. The molecule has 15 nitrogen and oxygen atoms in total. The number of methoxy groups -OCH3 is 1. The third-order valence-corrected chi connectivity index (χ3v) is 9.55. The lowest BCUT2D eigenvalue weighted by molar-refractivity contribution is -0.137. The van der Waals surface area contributed by atoms with Crippen molar-refractivity contribution in [1.29, 1.82) is 0 Å². The molecule has 2 fully saturated rings. The molecule has 0 radical (unpaired) electrons. The molecule has 4 aromatic heterocycles. The molecule has 3 N–H and O–H groups in total. The Labute approximate surface area is 284 Å². The predicted octanol–water partition coefficient (Wildman–Crippen LogP) is 4.07. The summed E-state index contributed by atoms with van der Waals surface area (Å²) in [4.78, 5) is 43.7. The van der Waals surface area contributed by atoms with Gasteiger partial charge in [0.1, 0.15) is 12.2 Å². The molecule has 0 bridgehead atoms. The molecule has 4 heterocycles. The molecule has 2 saturated carbocycles. The summed E-state index contributed by atoms with van der Waals surface area (Å²) in [5.74, 6) is 0.200. The van der Waals surface area contributed by atoms with Crippen LogP contribution in [0.1, 0.15) is 44.1 Å². The highest BCUT2D eigenvalue weighted by Gasteiger charge is 2.41. The second-order valence-electron chi connectivity index (χ2n) is 12.3. The van der Waals surface area contributed by atoms with Crippen LogP contribution in [0.2, 0.25) is 0 Å². The van der Waals surface area contributed by atoms with Gasteiger partial charge in [0.2, 0.25) is 5.95 Å². The van der Waals surface area contributed by atoms with Gasteiger partial charge in [0.15, 0.2) is 15.7 Å². The van der Waals surface area contributed by atoms with Crippen LogP contribution in [0.25, 0.3) is 22.5 Å². The van der Waals surface area contributed by atoms with E-state index in [9.17, 15) is 26.4 Å². The van der Waals surface area contributed by atoms with E-state index in [1.807, 2.05) is 0 Å². The molecule has 0 aliphatic heterocycles. The van der Waals surface area contributed by atoms with Gasteiger partial charge in [-0.15, -0.1) is 0 Å². The molecule has 1 amide bonds. The van der Waals surface area contributed by atoms with Gasteiger partial charge in [-0.25, -0.2) is 38.1 Å². The number of anilines is 2. The molecule has 0 saturated heterocycles. The number of carbonyl (C=O) groups excluding carboxylic acids is 1. The number of hydrogen-bond donors (Lipinski definition) is 2. The van der Waals surface area contributed by atoms with Crippen molar-refractivity contribution in [3.05, 3.63) is 55.0 Å². The van der Waals surface area contributed by atoms with Crippen LogP contribution in [-0.4, -0.2) is 87.0 Å². The Hall–Kier alpha value is -5.04. The van der Waals surface area contributed by atoms with Gasteiger partial charge < -0.3 is 20.5 Å². The molecule has 19 heteroatoms. The van der Waals surface area contributed by atoms with E-state index in [1.54, 1.807) is 12.4 Å². The summed E-state index contributed by atoms with van der Waals surface area (Å²) in [5, 5.41) is 3.10. The average Bonchev–Trinajstić information content (AvgIpc) is 3.84. The van der Waals surface area contributed by atoms with Crippen molar-refractivity contribution in [3.63, 3.8) is 0 Å². The van der Waals surface area contributed by atoms with Gasteiger partial charge in [0, 0.05) is 60.5 Å². The Bertz CT molecular complexity index is 1960. The first-order valence-corrected chi connectivity index (χ1v) is 17.4. The number of sulfone groups is 1. The van der Waals surface area contributed by atoms with Crippen molar-refractivity contribution < 1.29 is 35.9 Å². The number of nitrogens with one attached hydrogen (secondary N) is 1. The molecule has 6 rings (SSSR count). The Morgan fingerprint density at radius 1 is 0.980 bits per heavy atom. The maximum Gasteiger partial charge on any atom is 0.419 e. The fourth-order valence-corrected chi connectivity index (χ4v) is 6.04. The summed E-state index contributed by atoms with van der Waals surface area (Å²) in [6.07, 6.45) is 7.83. The molecule has 0 unspecified atom stereocenters. The SMILES string of the molecule is COc1ncc(-c2cnc(N(C(=O)OCC3(N)CC3)[C@H]3CC[C@H](Nc4ncc(C(F)(F)F)c(-c5cncc(S(C)(=O)=O)c5)n4)CC3)cn2)cn1. The zero-order valence-electron chi connectivity index (χ0n) is 27.0. The molecule has 4 aromatic rings. The summed E-state index contributed by atoms with van der Waals surface area (Å²) < 4.78 is 76.5. The van der Waals surface area contributed by atoms with Crippen molar-refractivity contribution in [3.8, 4) is 28.5 Å². The number of aromatic nitrogens is 7. The first kappa shape index (κ1) is 34.8. The lowest BCUT2D eigenvalue weighted by atomic mass is 9.90. The first-order valence-electron chi connectivity index (χ1n) is 15.5. The minimum absolute atomic E-state index is 0.0597. The second kappa shape index (κ2) is 13.7. The standard InChI is InChI=1S/C31H33F3N10O5S/c1-48-28-40-11-19(12-41-28)24-15-38-25(16-37-24)44(29(45)49-17-30(35)7-8-30)21-5-3-20(4-6-21)42-27-39-14-23(31(32,33)34)26(43-27)18-9-22(13-36-10-18)50(2,46)47/h9-16,20-21H,3-8,17,35H2,1-2H3,(H,39,42,43)/t20-,21-. The van der Waals surface area contributed by atoms with Crippen LogP contribution >= 0.6 is 0 Å². The van der Waals surface area contributed by atoms with E-state index in [-0.39, 0.29) is 46.9 Å². The number of nitrogens with zero attached hydrogens (tertiary/aromatic N) is 8. The summed E-state index contributed by atoms with van der Waals surface area (Å²) >= 11 is 0. The van der Waals surface area contributed by atoms with Gasteiger partial charge in [0.25, 0.3) is 0 Å². The summed E-state index contributed by atoms with van der Waals surface area (Å²) in [5.41, 5.74) is 4.93. The quantitative estimate of drug-likeness (QED) is 0.238. The fraction of sp³-hybridized carbons (Fsp3) is 0.419. The van der Waals surface area contributed by atoms with Crippen LogP contribution in [0, 0.1) is 0 Å². The molecule has 0 aromatic carbocycles. The smallest absolute Gasteiger partial charge is 0.419 e. The van der Waals surface area contributed by atoms with Crippen LogP contribution in [-0.2, 0) is 20.8 Å². The normalized spacial score (nSPS) is 18.6. The molecular weight excluding hydrogens is 681 g/mol. The third-order valence-electron chi connectivity index (χ3n) is 8.47. The zero-order chi connectivity index (χ0) is 35.7. The summed E-state index contributed by atoms with van der Waals surface area (Å²) in [6.45, 7) is 0.0597. The van der Waals surface area contributed by atoms with Gasteiger partial charge in [-0.05, 0) is 44.6 Å². The highest BCUT2D eigenvalue weighted by Crippen LogP contribution is 2.37. The van der Waals surface area contributed by atoms with Crippen molar-refractivity contribution in [2.45, 2.75) is 67.2 Å². The van der Waals surface area contributed by atoms with E-state index < -0.39 is 38.9 Å². The van der Waals surface area contributed by atoms with Crippen molar-refractivity contribution in [2.75, 3.05) is 30.2 Å². The molecular formula is C31H33F3N10O5S. The lowest BCUT2D eigenvalue weighted by Crippen LogP contribution is -2.46. The van der Waals surface area contributed by atoms with Crippen LogP contribution in [0.3, 0.4) is 0 Å². The second-order valence-corrected chi connectivity index (χ2v) is 14.3. The monoisotopic (exact) mass is 714 g/mol. The Morgan fingerprint density at radius 3 is 2.30 bits per heavy atom. The minimum atomic E-state index is -4.81. The third kappa shape index (κ3) is 8.05. The minimum Gasteiger partial charge on any atom is -0.467 e. The van der Waals surface area contributed by atoms with Gasteiger partial charge in [0.05, 0.1) is 41.3 Å². The van der Waals surface area contributed by atoms with E-state index in [2.05, 4.69) is 40.2 Å².